The number of allylic oxidation sites excluding steroid dienone is 2. The lowest BCUT2D eigenvalue weighted by Gasteiger charge is -2.34. The molecular formula is C22H24N2O4. The van der Waals surface area contributed by atoms with Crippen molar-refractivity contribution >= 4 is 17.7 Å². The van der Waals surface area contributed by atoms with Gasteiger partial charge in [0.1, 0.15) is 6.04 Å². The van der Waals surface area contributed by atoms with Gasteiger partial charge in [0.2, 0.25) is 17.7 Å². The molecule has 2 aliphatic carbocycles. The molecule has 3 amide bonds. The van der Waals surface area contributed by atoms with Gasteiger partial charge in [0.05, 0.1) is 25.0 Å². The highest BCUT2D eigenvalue weighted by Crippen LogP contribution is 2.53. The number of amides is 3. The highest BCUT2D eigenvalue weighted by Gasteiger charge is 2.61. The summed E-state index contributed by atoms with van der Waals surface area (Å²) in [4.78, 5) is 43.0. The second kappa shape index (κ2) is 6.85. The van der Waals surface area contributed by atoms with Gasteiger partial charge in [0.15, 0.2) is 0 Å². The monoisotopic (exact) mass is 380 g/mol. The fourth-order valence-corrected chi connectivity index (χ4v) is 5.35. The molecule has 0 spiro atoms. The number of carbonyl (C=O) groups excluding carboxylic acids is 3. The lowest BCUT2D eigenvalue weighted by molar-refractivity contribution is -0.154. The van der Waals surface area contributed by atoms with Gasteiger partial charge in [-0.15, -0.1) is 0 Å². The average molecular weight is 380 g/mol. The topological polar surface area (TPSA) is 66.9 Å². The van der Waals surface area contributed by atoms with Crippen LogP contribution in [0.15, 0.2) is 42.5 Å². The van der Waals surface area contributed by atoms with E-state index in [1.165, 1.54) is 4.90 Å². The van der Waals surface area contributed by atoms with Crippen LogP contribution in [0.25, 0.3) is 0 Å². The third kappa shape index (κ3) is 2.70. The summed E-state index contributed by atoms with van der Waals surface area (Å²) in [6, 6.07) is 8.86. The molecule has 2 aliphatic heterocycles. The molecule has 2 heterocycles. The maximum Gasteiger partial charge on any atom is 0.246 e. The van der Waals surface area contributed by atoms with E-state index < -0.39 is 6.04 Å². The molecule has 2 bridgehead atoms. The van der Waals surface area contributed by atoms with Crippen LogP contribution in [0.4, 0.5) is 0 Å². The van der Waals surface area contributed by atoms with Crippen molar-refractivity contribution in [1.82, 2.24) is 9.80 Å². The van der Waals surface area contributed by atoms with Crippen LogP contribution >= 0.6 is 0 Å². The van der Waals surface area contributed by atoms with E-state index >= 15 is 0 Å². The van der Waals surface area contributed by atoms with Crippen LogP contribution in [-0.2, 0) is 25.5 Å². The Balaban J connectivity index is 1.46. The molecule has 6 nitrogen and oxygen atoms in total. The molecule has 3 fully saturated rings. The third-order valence-corrected chi connectivity index (χ3v) is 6.70. The lowest BCUT2D eigenvalue weighted by atomic mass is 9.85. The van der Waals surface area contributed by atoms with Gasteiger partial charge in [-0.25, -0.2) is 0 Å². The van der Waals surface area contributed by atoms with Crippen molar-refractivity contribution < 1.29 is 19.1 Å². The first-order valence-corrected chi connectivity index (χ1v) is 10.1. The van der Waals surface area contributed by atoms with Crippen molar-refractivity contribution in [3.8, 4) is 0 Å². The number of likely N-dealkylation sites (tertiary alicyclic amines) is 1. The fraction of sp³-hybridized carbons (Fsp3) is 0.500. The Morgan fingerprint density at radius 1 is 1.00 bits per heavy atom. The number of hydrogen-bond donors (Lipinski definition) is 0. The second-order valence-electron chi connectivity index (χ2n) is 8.19. The molecule has 5 atom stereocenters. The van der Waals surface area contributed by atoms with Crippen LogP contribution in [0.3, 0.4) is 0 Å². The van der Waals surface area contributed by atoms with Crippen LogP contribution in [0.1, 0.15) is 12.0 Å². The number of hydrogen-bond acceptors (Lipinski definition) is 4. The normalized spacial score (nSPS) is 32.1. The molecule has 0 N–H and O–H groups in total. The predicted molar refractivity (Wildman–Crippen MR) is 101 cm³/mol. The molecule has 5 rings (SSSR count). The SMILES string of the molecule is O=C([C@@H](Cc1ccccc1)N1C(=O)[C@@H]2[C@@H](C1=O)[C@H]1C=C[C@@H]2C1)N1CCOCC1. The molecule has 28 heavy (non-hydrogen) atoms. The van der Waals surface area contributed by atoms with Crippen LogP contribution in [0.2, 0.25) is 0 Å². The summed E-state index contributed by atoms with van der Waals surface area (Å²) in [6.45, 7) is 1.98. The first kappa shape index (κ1) is 17.6. The van der Waals surface area contributed by atoms with Crippen molar-refractivity contribution in [2.24, 2.45) is 23.7 Å². The molecular weight excluding hydrogens is 356 g/mol. The van der Waals surface area contributed by atoms with Crippen molar-refractivity contribution in [1.29, 1.82) is 0 Å². The molecule has 1 aromatic rings. The van der Waals surface area contributed by atoms with Crippen LogP contribution in [0, 0.1) is 23.7 Å². The minimum absolute atomic E-state index is 0.144. The van der Waals surface area contributed by atoms with E-state index in [0.717, 1.165) is 12.0 Å². The molecule has 1 saturated carbocycles. The van der Waals surface area contributed by atoms with Gasteiger partial charge in [-0.1, -0.05) is 42.5 Å². The van der Waals surface area contributed by atoms with Crippen molar-refractivity contribution in [3.05, 3.63) is 48.0 Å². The number of morpholine rings is 1. The van der Waals surface area contributed by atoms with Gasteiger partial charge in [-0.05, 0) is 23.8 Å². The van der Waals surface area contributed by atoms with E-state index in [0.29, 0.717) is 32.7 Å². The van der Waals surface area contributed by atoms with Crippen molar-refractivity contribution in [3.63, 3.8) is 0 Å². The summed E-state index contributed by atoms with van der Waals surface area (Å²) in [7, 11) is 0. The number of nitrogens with zero attached hydrogens (tertiary/aromatic N) is 2. The summed E-state index contributed by atoms with van der Waals surface area (Å²) >= 11 is 0. The Labute approximate surface area is 164 Å². The largest absolute Gasteiger partial charge is 0.378 e. The minimum Gasteiger partial charge on any atom is -0.378 e. The number of benzene rings is 1. The first-order chi connectivity index (χ1) is 13.6. The summed E-state index contributed by atoms with van der Waals surface area (Å²) < 4.78 is 5.36. The van der Waals surface area contributed by atoms with Gasteiger partial charge >= 0.3 is 0 Å². The predicted octanol–water partition coefficient (Wildman–Crippen LogP) is 1.26. The summed E-state index contributed by atoms with van der Waals surface area (Å²) in [5.74, 6) is -0.728. The Bertz CT molecular complexity index is 800. The molecule has 0 unspecified atom stereocenters. The second-order valence-corrected chi connectivity index (χ2v) is 8.19. The Kier molecular flexibility index (Phi) is 4.31. The van der Waals surface area contributed by atoms with Crippen LogP contribution in [0.5, 0.6) is 0 Å². The Morgan fingerprint density at radius 2 is 1.61 bits per heavy atom. The van der Waals surface area contributed by atoms with E-state index in [4.69, 9.17) is 4.74 Å². The van der Waals surface area contributed by atoms with Gasteiger partial charge < -0.3 is 9.64 Å². The third-order valence-electron chi connectivity index (χ3n) is 6.70. The van der Waals surface area contributed by atoms with E-state index in [1.807, 2.05) is 30.3 Å². The molecule has 146 valence electrons. The molecule has 1 aromatic carbocycles. The highest BCUT2D eigenvalue weighted by molar-refractivity contribution is 6.09. The number of carbonyl (C=O) groups is 3. The van der Waals surface area contributed by atoms with E-state index in [-0.39, 0.29) is 41.4 Å². The summed E-state index contributed by atoms with van der Waals surface area (Å²) in [5, 5.41) is 0. The quantitative estimate of drug-likeness (QED) is 0.583. The Hall–Kier alpha value is -2.47. The van der Waals surface area contributed by atoms with Crippen molar-refractivity contribution in [2.75, 3.05) is 26.3 Å². The van der Waals surface area contributed by atoms with Gasteiger partial charge in [-0.3, -0.25) is 19.3 Å². The molecule has 6 heteroatoms. The zero-order valence-corrected chi connectivity index (χ0v) is 15.7. The summed E-state index contributed by atoms with van der Waals surface area (Å²) in [5.41, 5.74) is 0.952. The Morgan fingerprint density at radius 3 is 2.21 bits per heavy atom. The first-order valence-electron chi connectivity index (χ1n) is 10.1. The lowest BCUT2D eigenvalue weighted by Crippen LogP contribution is -2.55. The van der Waals surface area contributed by atoms with E-state index in [2.05, 4.69) is 12.2 Å². The molecule has 0 aromatic heterocycles. The van der Waals surface area contributed by atoms with Crippen LogP contribution in [-0.4, -0.2) is 59.9 Å². The van der Waals surface area contributed by atoms with E-state index in [9.17, 15) is 14.4 Å². The fourth-order valence-electron chi connectivity index (χ4n) is 5.35. The number of rotatable bonds is 4. The van der Waals surface area contributed by atoms with Gasteiger partial charge in [0.25, 0.3) is 0 Å². The summed E-state index contributed by atoms with van der Waals surface area (Å²) in [6.07, 6.45) is 5.41. The minimum atomic E-state index is -0.773. The zero-order valence-electron chi connectivity index (χ0n) is 15.7. The highest BCUT2D eigenvalue weighted by atomic mass is 16.5. The number of ether oxygens (including phenoxy) is 1. The van der Waals surface area contributed by atoms with Gasteiger partial charge in [-0.2, -0.15) is 0 Å². The molecule has 4 aliphatic rings. The van der Waals surface area contributed by atoms with Gasteiger partial charge in [0, 0.05) is 19.5 Å². The number of imide groups is 1. The van der Waals surface area contributed by atoms with E-state index in [1.54, 1.807) is 4.90 Å². The zero-order chi connectivity index (χ0) is 19.3. The molecule has 0 radical (unpaired) electrons. The maximum absolute atomic E-state index is 13.4. The standard InChI is InChI=1S/C22H24N2O4/c25-20(23-8-10-28-11-9-23)17(12-14-4-2-1-3-5-14)24-21(26)18-15-6-7-16(13-15)19(18)22(24)27/h1-7,15-19H,8-13H2/t15-,16+,17-,18+,19+/m1/s1. The number of fused-ring (bicyclic) bond motifs is 5. The molecule has 2 saturated heterocycles. The maximum atomic E-state index is 13.4. The van der Waals surface area contributed by atoms with Crippen molar-refractivity contribution in [2.45, 2.75) is 18.9 Å². The average Bonchev–Trinajstić information content (AvgIpc) is 3.41. The van der Waals surface area contributed by atoms with Crippen LogP contribution < -0.4 is 0 Å². The smallest absolute Gasteiger partial charge is 0.246 e.